The van der Waals surface area contributed by atoms with Gasteiger partial charge in [-0.1, -0.05) is 0 Å². The largest absolute Gasteiger partial charge is 0.497 e. The highest BCUT2D eigenvalue weighted by Gasteiger charge is 2.09. The third kappa shape index (κ3) is 4.30. The lowest BCUT2D eigenvalue weighted by molar-refractivity contribution is 0.405. The predicted octanol–water partition coefficient (Wildman–Crippen LogP) is 2.72. The SMILES string of the molecule is COc1cc(F)cc(CNC(C)(C)C)c1. The summed E-state index contributed by atoms with van der Waals surface area (Å²) in [6.07, 6.45) is 0. The normalized spacial score (nSPS) is 11.5. The Morgan fingerprint density at radius 1 is 1.27 bits per heavy atom. The lowest BCUT2D eigenvalue weighted by atomic mass is 10.1. The molecule has 0 radical (unpaired) electrons. The van der Waals surface area contributed by atoms with E-state index in [0.29, 0.717) is 12.3 Å². The van der Waals surface area contributed by atoms with Gasteiger partial charge in [-0.3, -0.25) is 0 Å². The number of hydrogen-bond donors (Lipinski definition) is 1. The molecular formula is C12H18FNO. The Morgan fingerprint density at radius 3 is 2.47 bits per heavy atom. The minimum atomic E-state index is -0.264. The Kier molecular flexibility index (Phi) is 3.69. The average Bonchev–Trinajstić information content (AvgIpc) is 2.13. The lowest BCUT2D eigenvalue weighted by Crippen LogP contribution is -2.35. The van der Waals surface area contributed by atoms with Crippen molar-refractivity contribution in [3.63, 3.8) is 0 Å². The Bertz CT molecular complexity index is 331. The maximum Gasteiger partial charge on any atom is 0.127 e. The molecule has 0 aromatic heterocycles. The molecule has 0 aliphatic heterocycles. The van der Waals surface area contributed by atoms with Crippen molar-refractivity contribution in [3.8, 4) is 5.75 Å². The molecule has 0 saturated heterocycles. The van der Waals surface area contributed by atoms with Crippen LogP contribution in [0.3, 0.4) is 0 Å². The molecule has 0 amide bonds. The molecule has 0 aliphatic rings. The summed E-state index contributed by atoms with van der Waals surface area (Å²) >= 11 is 0. The average molecular weight is 211 g/mol. The fourth-order valence-electron chi connectivity index (χ4n) is 1.21. The van der Waals surface area contributed by atoms with Crippen LogP contribution in [-0.2, 0) is 6.54 Å². The van der Waals surface area contributed by atoms with Gasteiger partial charge in [-0.2, -0.15) is 0 Å². The molecular weight excluding hydrogens is 193 g/mol. The van der Waals surface area contributed by atoms with Gasteiger partial charge >= 0.3 is 0 Å². The number of rotatable bonds is 3. The lowest BCUT2D eigenvalue weighted by Gasteiger charge is -2.20. The Balaban J connectivity index is 2.73. The van der Waals surface area contributed by atoms with Crippen molar-refractivity contribution in [1.29, 1.82) is 0 Å². The van der Waals surface area contributed by atoms with E-state index in [-0.39, 0.29) is 11.4 Å². The molecule has 0 aliphatic carbocycles. The first-order chi connectivity index (χ1) is 6.90. The molecule has 1 rings (SSSR count). The van der Waals surface area contributed by atoms with Gasteiger partial charge in [0, 0.05) is 18.2 Å². The maximum atomic E-state index is 13.1. The van der Waals surface area contributed by atoms with Crippen LogP contribution < -0.4 is 10.1 Å². The third-order valence-electron chi connectivity index (χ3n) is 1.99. The van der Waals surface area contributed by atoms with E-state index in [0.717, 1.165) is 5.56 Å². The zero-order chi connectivity index (χ0) is 11.5. The monoisotopic (exact) mass is 211 g/mol. The smallest absolute Gasteiger partial charge is 0.127 e. The fraction of sp³-hybridized carbons (Fsp3) is 0.500. The van der Waals surface area contributed by atoms with Crippen molar-refractivity contribution < 1.29 is 9.13 Å². The van der Waals surface area contributed by atoms with E-state index in [4.69, 9.17) is 4.74 Å². The number of benzene rings is 1. The second kappa shape index (κ2) is 4.62. The number of methoxy groups -OCH3 is 1. The van der Waals surface area contributed by atoms with Crippen molar-refractivity contribution in [3.05, 3.63) is 29.6 Å². The minimum absolute atomic E-state index is 0.0273. The second-order valence-corrected chi connectivity index (χ2v) is 4.60. The quantitative estimate of drug-likeness (QED) is 0.830. The van der Waals surface area contributed by atoms with E-state index in [2.05, 4.69) is 26.1 Å². The van der Waals surface area contributed by atoms with Crippen LogP contribution in [0.2, 0.25) is 0 Å². The minimum Gasteiger partial charge on any atom is -0.497 e. The third-order valence-corrected chi connectivity index (χ3v) is 1.99. The van der Waals surface area contributed by atoms with Crippen LogP contribution in [0.15, 0.2) is 18.2 Å². The summed E-state index contributed by atoms with van der Waals surface area (Å²) < 4.78 is 18.1. The predicted molar refractivity (Wildman–Crippen MR) is 59.5 cm³/mol. The van der Waals surface area contributed by atoms with Gasteiger partial charge in [0.2, 0.25) is 0 Å². The van der Waals surface area contributed by atoms with Crippen molar-refractivity contribution in [2.24, 2.45) is 0 Å². The van der Waals surface area contributed by atoms with Gasteiger partial charge in [-0.15, -0.1) is 0 Å². The summed E-state index contributed by atoms with van der Waals surface area (Å²) in [5.41, 5.74) is 0.918. The zero-order valence-electron chi connectivity index (χ0n) is 9.73. The van der Waals surface area contributed by atoms with E-state index >= 15 is 0 Å². The molecule has 3 heteroatoms. The van der Waals surface area contributed by atoms with Crippen molar-refractivity contribution in [2.45, 2.75) is 32.9 Å². The van der Waals surface area contributed by atoms with E-state index in [1.165, 1.54) is 19.2 Å². The Hall–Kier alpha value is -1.09. The van der Waals surface area contributed by atoms with E-state index < -0.39 is 0 Å². The first-order valence-electron chi connectivity index (χ1n) is 4.99. The maximum absolute atomic E-state index is 13.1. The Morgan fingerprint density at radius 2 is 1.93 bits per heavy atom. The molecule has 0 unspecified atom stereocenters. The van der Waals surface area contributed by atoms with Crippen molar-refractivity contribution in [2.75, 3.05) is 7.11 Å². The van der Waals surface area contributed by atoms with Gasteiger partial charge in [-0.05, 0) is 38.5 Å². The molecule has 0 fully saturated rings. The van der Waals surface area contributed by atoms with Gasteiger partial charge in [-0.25, -0.2) is 4.39 Å². The molecule has 1 aromatic carbocycles. The molecule has 0 saturated carbocycles. The van der Waals surface area contributed by atoms with Crippen LogP contribution in [-0.4, -0.2) is 12.6 Å². The standard InChI is InChI=1S/C12H18FNO/c1-12(2,3)14-8-9-5-10(13)7-11(6-9)15-4/h5-7,14H,8H2,1-4H3. The highest BCUT2D eigenvalue weighted by atomic mass is 19.1. The van der Waals surface area contributed by atoms with E-state index in [9.17, 15) is 4.39 Å². The molecule has 2 nitrogen and oxygen atoms in total. The van der Waals surface area contributed by atoms with Gasteiger partial charge in [0.15, 0.2) is 0 Å². The molecule has 0 spiro atoms. The number of halogens is 1. The second-order valence-electron chi connectivity index (χ2n) is 4.60. The molecule has 15 heavy (non-hydrogen) atoms. The van der Waals surface area contributed by atoms with E-state index in [1.807, 2.05) is 6.07 Å². The molecule has 0 bridgehead atoms. The fourth-order valence-corrected chi connectivity index (χ4v) is 1.21. The highest BCUT2D eigenvalue weighted by Crippen LogP contribution is 2.16. The van der Waals surface area contributed by atoms with Crippen molar-refractivity contribution in [1.82, 2.24) is 5.32 Å². The molecule has 84 valence electrons. The van der Waals surface area contributed by atoms with Crippen LogP contribution in [0.4, 0.5) is 4.39 Å². The van der Waals surface area contributed by atoms with Gasteiger partial charge < -0.3 is 10.1 Å². The van der Waals surface area contributed by atoms with Crippen LogP contribution in [0, 0.1) is 5.82 Å². The highest BCUT2D eigenvalue weighted by molar-refractivity contribution is 5.29. The van der Waals surface area contributed by atoms with Crippen LogP contribution in [0.25, 0.3) is 0 Å². The van der Waals surface area contributed by atoms with Gasteiger partial charge in [0.25, 0.3) is 0 Å². The number of ether oxygens (including phenoxy) is 1. The summed E-state index contributed by atoms with van der Waals surface area (Å²) in [6, 6.07) is 4.73. The van der Waals surface area contributed by atoms with Crippen molar-refractivity contribution >= 4 is 0 Å². The van der Waals surface area contributed by atoms with Gasteiger partial charge in [0.1, 0.15) is 11.6 Å². The summed E-state index contributed by atoms with van der Waals surface area (Å²) in [4.78, 5) is 0. The summed E-state index contributed by atoms with van der Waals surface area (Å²) in [7, 11) is 1.54. The van der Waals surface area contributed by atoms with Crippen LogP contribution in [0.1, 0.15) is 26.3 Å². The topological polar surface area (TPSA) is 21.3 Å². The van der Waals surface area contributed by atoms with E-state index in [1.54, 1.807) is 0 Å². The summed E-state index contributed by atoms with van der Waals surface area (Å²) in [6.45, 7) is 6.86. The first-order valence-corrected chi connectivity index (χ1v) is 4.99. The molecule has 0 atom stereocenters. The molecule has 1 aromatic rings. The first kappa shape index (κ1) is 12.0. The molecule has 1 N–H and O–H groups in total. The molecule has 0 heterocycles. The summed E-state index contributed by atoms with van der Waals surface area (Å²) in [5, 5.41) is 3.29. The van der Waals surface area contributed by atoms with Crippen LogP contribution >= 0.6 is 0 Å². The summed E-state index contributed by atoms with van der Waals surface area (Å²) in [5.74, 6) is 0.292. The zero-order valence-corrected chi connectivity index (χ0v) is 9.73. The van der Waals surface area contributed by atoms with Crippen LogP contribution in [0.5, 0.6) is 5.75 Å². The number of hydrogen-bond acceptors (Lipinski definition) is 2. The van der Waals surface area contributed by atoms with Gasteiger partial charge in [0.05, 0.1) is 7.11 Å². The number of nitrogens with one attached hydrogen (secondary N) is 1. The Labute approximate surface area is 90.4 Å².